The van der Waals surface area contributed by atoms with Crippen LogP contribution in [0.4, 0.5) is 0 Å². The predicted octanol–water partition coefficient (Wildman–Crippen LogP) is 1.75. The summed E-state index contributed by atoms with van der Waals surface area (Å²) in [4.78, 5) is 27.2. The number of methoxy groups -OCH3 is 1. The number of ether oxygens (including phenoxy) is 1. The number of para-hydroxylation sites is 1. The number of hydrogen-bond acceptors (Lipinski definition) is 3. The van der Waals surface area contributed by atoms with Crippen molar-refractivity contribution in [3.8, 4) is 5.75 Å². The Balaban J connectivity index is 2.12. The highest BCUT2D eigenvalue weighted by atomic mass is 16.5. The van der Waals surface area contributed by atoms with E-state index in [1.807, 2.05) is 18.2 Å². The standard InChI is InChI=1S/C16H14N2O3/c1-21-12-6-4-5-11(9-12)10-18-15(19)13-7-2-3-8-14(13)17-16(18)20/h2-9H,10H2,1H3,(H,17,20). The number of nitrogens with one attached hydrogen (secondary N) is 1. The van der Waals surface area contributed by atoms with E-state index >= 15 is 0 Å². The third kappa shape index (κ3) is 2.45. The molecule has 2 aromatic carbocycles. The Labute approximate surface area is 120 Å². The van der Waals surface area contributed by atoms with Crippen molar-refractivity contribution in [1.29, 1.82) is 0 Å². The number of aromatic amines is 1. The zero-order valence-corrected chi connectivity index (χ0v) is 11.5. The number of nitrogens with zero attached hydrogens (tertiary/aromatic N) is 1. The van der Waals surface area contributed by atoms with Crippen molar-refractivity contribution in [2.24, 2.45) is 0 Å². The number of fused-ring (bicyclic) bond motifs is 1. The molecule has 0 atom stereocenters. The molecule has 0 saturated carbocycles. The molecular formula is C16H14N2O3. The summed E-state index contributed by atoms with van der Waals surface area (Å²) in [5.41, 5.74) is 0.672. The van der Waals surface area contributed by atoms with Crippen LogP contribution in [0.1, 0.15) is 5.56 Å². The van der Waals surface area contributed by atoms with E-state index in [-0.39, 0.29) is 12.1 Å². The van der Waals surface area contributed by atoms with Crippen LogP contribution in [0.25, 0.3) is 10.9 Å². The minimum Gasteiger partial charge on any atom is -0.497 e. The quantitative estimate of drug-likeness (QED) is 0.796. The molecule has 0 spiro atoms. The van der Waals surface area contributed by atoms with Crippen LogP contribution in [0.5, 0.6) is 5.75 Å². The van der Waals surface area contributed by atoms with Gasteiger partial charge in [-0.1, -0.05) is 24.3 Å². The third-order valence-corrected chi connectivity index (χ3v) is 3.36. The summed E-state index contributed by atoms with van der Waals surface area (Å²) in [5, 5.41) is 0.500. The molecule has 0 aliphatic rings. The van der Waals surface area contributed by atoms with Gasteiger partial charge in [-0.3, -0.25) is 9.36 Å². The van der Waals surface area contributed by atoms with Crippen LogP contribution in [0.2, 0.25) is 0 Å². The first-order valence-electron chi connectivity index (χ1n) is 6.54. The van der Waals surface area contributed by atoms with Gasteiger partial charge in [0.1, 0.15) is 5.75 Å². The average molecular weight is 282 g/mol. The molecule has 1 heterocycles. The van der Waals surface area contributed by atoms with E-state index in [9.17, 15) is 9.59 Å². The summed E-state index contributed by atoms with van der Waals surface area (Å²) in [6, 6.07) is 14.3. The van der Waals surface area contributed by atoms with Gasteiger partial charge in [0.15, 0.2) is 0 Å². The highest BCUT2D eigenvalue weighted by Gasteiger charge is 2.08. The Bertz CT molecular complexity index is 909. The van der Waals surface area contributed by atoms with Gasteiger partial charge in [-0.2, -0.15) is 0 Å². The molecule has 3 rings (SSSR count). The van der Waals surface area contributed by atoms with Gasteiger partial charge >= 0.3 is 5.69 Å². The molecule has 3 aromatic rings. The molecule has 1 aromatic heterocycles. The molecule has 0 fully saturated rings. The largest absolute Gasteiger partial charge is 0.497 e. The maximum absolute atomic E-state index is 12.4. The number of rotatable bonds is 3. The Kier molecular flexibility index (Phi) is 3.31. The fourth-order valence-corrected chi connectivity index (χ4v) is 2.30. The number of aromatic nitrogens is 2. The molecule has 21 heavy (non-hydrogen) atoms. The SMILES string of the molecule is COc1cccc(Cn2c(=O)[nH]c3ccccc3c2=O)c1. The molecule has 0 saturated heterocycles. The first kappa shape index (κ1) is 13.2. The maximum Gasteiger partial charge on any atom is 0.329 e. The minimum absolute atomic E-state index is 0.205. The fourth-order valence-electron chi connectivity index (χ4n) is 2.30. The lowest BCUT2D eigenvalue weighted by atomic mass is 10.2. The van der Waals surface area contributed by atoms with Gasteiger partial charge in [0.05, 0.1) is 24.6 Å². The Morgan fingerprint density at radius 3 is 2.71 bits per heavy atom. The van der Waals surface area contributed by atoms with Crippen molar-refractivity contribution >= 4 is 10.9 Å². The second-order valence-electron chi connectivity index (χ2n) is 4.72. The van der Waals surface area contributed by atoms with E-state index in [4.69, 9.17) is 4.74 Å². The van der Waals surface area contributed by atoms with Crippen LogP contribution in [-0.4, -0.2) is 16.7 Å². The normalized spacial score (nSPS) is 10.7. The lowest BCUT2D eigenvalue weighted by Gasteiger charge is -2.07. The molecule has 5 nitrogen and oxygen atoms in total. The Morgan fingerprint density at radius 2 is 1.90 bits per heavy atom. The topological polar surface area (TPSA) is 64.1 Å². The highest BCUT2D eigenvalue weighted by Crippen LogP contribution is 2.13. The summed E-state index contributed by atoms with van der Waals surface area (Å²) >= 11 is 0. The Morgan fingerprint density at radius 1 is 1.10 bits per heavy atom. The van der Waals surface area contributed by atoms with Crippen LogP contribution >= 0.6 is 0 Å². The molecule has 5 heteroatoms. The second-order valence-corrected chi connectivity index (χ2v) is 4.72. The Hall–Kier alpha value is -2.82. The third-order valence-electron chi connectivity index (χ3n) is 3.36. The van der Waals surface area contributed by atoms with Crippen LogP contribution in [0.3, 0.4) is 0 Å². The van der Waals surface area contributed by atoms with Gasteiger partial charge in [0, 0.05) is 0 Å². The number of hydrogen-bond donors (Lipinski definition) is 1. The van der Waals surface area contributed by atoms with Gasteiger partial charge in [0.2, 0.25) is 0 Å². The van der Waals surface area contributed by atoms with Gasteiger partial charge in [-0.05, 0) is 29.8 Å². The van der Waals surface area contributed by atoms with Crippen LogP contribution < -0.4 is 16.0 Å². The van der Waals surface area contributed by atoms with Crippen molar-refractivity contribution in [1.82, 2.24) is 9.55 Å². The minimum atomic E-state index is -0.415. The predicted molar refractivity (Wildman–Crippen MR) is 80.9 cm³/mol. The number of H-pyrrole nitrogens is 1. The van der Waals surface area contributed by atoms with E-state index in [1.165, 1.54) is 4.57 Å². The first-order chi connectivity index (χ1) is 10.2. The molecule has 0 unspecified atom stereocenters. The zero-order valence-electron chi connectivity index (χ0n) is 11.5. The van der Waals surface area contributed by atoms with E-state index in [0.29, 0.717) is 16.7 Å². The van der Waals surface area contributed by atoms with Crippen LogP contribution in [-0.2, 0) is 6.54 Å². The molecule has 0 aliphatic carbocycles. The lowest BCUT2D eigenvalue weighted by molar-refractivity contribution is 0.414. The van der Waals surface area contributed by atoms with Crippen molar-refractivity contribution in [2.45, 2.75) is 6.54 Å². The van der Waals surface area contributed by atoms with Crippen molar-refractivity contribution < 1.29 is 4.74 Å². The van der Waals surface area contributed by atoms with Gasteiger partial charge in [-0.25, -0.2) is 4.79 Å². The second kappa shape index (κ2) is 5.28. The van der Waals surface area contributed by atoms with Gasteiger partial charge in [0.25, 0.3) is 5.56 Å². The highest BCUT2D eigenvalue weighted by molar-refractivity contribution is 5.76. The summed E-state index contributed by atoms with van der Waals surface area (Å²) < 4.78 is 6.34. The lowest BCUT2D eigenvalue weighted by Crippen LogP contribution is -2.35. The summed E-state index contributed by atoms with van der Waals surface area (Å²) in [7, 11) is 1.58. The van der Waals surface area contributed by atoms with Crippen LogP contribution in [0, 0.1) is 0 Å². The maximum atomic E-state index is 12.4. The first-order valence-corrected chi connectivity index (χ1v) is 6.54. The summed E-state index contributed by atoms with van der Waals surface area (Å²) in [5.74, 6) is 0.692. The molecule has 0 aliphatic heterocycles. The molecule has 106 valence electrons. The van der Waals surface area contributed by atoms with Crippen LogP contribution in [0.15, 0.2) is 58.1 Å². The summed E-state index contributed by atoms with van der Waals surface area (Å²) in [6.07, 6.45) is 0. The van der Waals surface area contributed by atoms with E-state index in [1.54, 1.807) is 37.4 Å². The molecule has 0 amide bonds. The molecule has 0 bridgehead atoms. The van der Waals surface area contributed by atoms with E-state index in [2.05, 4.69) is 4.98 Å². The van der Waals surface area contributed by atoms with Crippen molar-refractivity contribution in [2.75, 3.05) is 7.11 Å². The van der Waals surface area contributed by atoms with E-state index in [0.717, 1.165) is 5.56 Å². The van der Waals surface area contributed by atoms with E-state index < -0.39 is 5.69 Å². The summed E-state index contributed by atoms with van der Waals surface area (Å²) in [6.45, 7) is 0.205. The number of benzene rings is 2. The van der Waals surface area contributed by atoms with Crippen molar-refractivity contribution in [3.05, 3.63) is 74.9 Å². The fraction of sp³-hybridized carbons (Fsp3) is 0.125. The van der Waals surface area contributed by atoms with Gasteiger partial charge < -0.3 is 9.72 Å². The van der Waals surface area contributed by atoms with Gasteiger partial charge in [-0.15, -0.1) is 0 Å². The monoisotopic (exact) mass is 282 g/mol. The molecular weight excluding hydrogens is 268 g/mol. The van der Waals surface area contributed by atoms with Crippen molar-refractivity contribution in [3.63, 3.8) is 0 Å². The zero-order chi connectivity index (χ0) is 14.8. The average Bonchev–Trinajstić information content (AvgIpc) is 2.51. The molecule has 0 radical (unpaired) electrons. The smallest absolute Gasteiger partial charge is 0.329 e. The molecule has 1 N–H and O–H groups in total.